The van der Waals surface area contributed by atoms with Crippen LogP contribution in [-0.4, -0.2) is 28.9 Å². The monoisotopic (exact) mass is 249 g/mol. The van der Waals surface area contributed by atoms with Gasteiger partial charge >= 0.3 is 0 Å². The van der Waals surface area contributed by atoms with Crippen LogP contribution in [0.2, 0.25) is 0 Å². The largest absolute Gasteiger partial charge is 0.337 e. The van der Waals surface area contributed by atoms with Crippen molar-refractivity contribution in [3.63, 3.8) is 0 Å². The molecule has 2 rings (SSSR count). The maximum Gasteiger partial charge on any atom is 0.232 e. The highest BCUT2D eigenvalue weighted by Crippen LogP contribution is 2.19. The molecule has 1 aliphatic heterocycles. The van der Waals surface area contributed by atoms with Crippen molar-refractivity contribution in [3.8, 4) is 0 Å². The Balaban J connectivity index is 1.91. The number of benzene rings is 1. The lowest BCUT2D eigenvalue weighted by molar-refractivity contribution is -0.129. The molecule has 0 N–H and O–H groups in total. The van der Waals surface area contributed by atoms with Crippen molar-refractivity contribution < 1.29 is 4.79 Å². The van der Waals surface area contributed by atoms with Crippen LogP contribution in [0.4, 0.5) is 0 Å². The molecule has 17 heavy (non-hydrogen) atoms. The molecule has 0 aliphatic carbocycles. The van der Waals surface area contributed by atoms with Gasteiger partial charge in [0.15, 0.2) is 0 Å². The van der Waals surface area contributed by atoms with Crippen molar-refractivity contribution in [1.82, 2.24) is 4.90 Å². The zero-order chi connectivity index (χ0) is 12.1. The van der Waals surface area contributed by atoms with Gasteiger partial charge in [-0.25, -0.2) is 0 Å². The van der Waals surface area contributed by atoms with Gasteiger partial charge in [-0.15, -0.1) is 0 Å². The van der Waals surface area contributed by atoms with Crippen LogP contribution in [0.3, 0.4) is 0 Å². The summed E-state index contributed by atoms with van der Waals surface area (Å²) in [5, 5.41) is 0. The number of nitrogens with zero attached hydrogens (tertiary/aromatic N) is 1. The lowest BCUT2D eigenvalue weighted by Crippen LogP contribution is -2.37. The van der Waals surface area contributed by atoms with Crippen molar-refractivity contribution in [2.24, 2.45) is 0 Å². The van der Waals surface area contributed by atoms with Crippen molar-refractivity contribution in [3.05, 3.63) is 35.4 Å². The summed E-state index contributed by atoms with van der Waals surface area (Å²) in [4.78, 5) is 14.0. The van der Waals surface area contributed by atoms with E-state index in [4.69, 9.17) is 0 Å². The van der Waals surface area contributed by atoms with E-state index in [2.05, 4.69) is 31.2 Å². The van der Waals surface area contributed by atoms with Crippen LogP contribution < -0.4 is 0 Å². The number of hydrogen-bond acceptors (Lipinski definition) is 2. The van der Waals surface area contributed by atoms with Gasteiger partial charge in [0.2, 0.25) is 5.91 Å². The van der Waals surface area contributed by atoms with Gasteiger partial charge in [-0.3, -0.25) is 4.79 Å². The van der Waals surface area contributed by atoms with E-state index in [-0.39, 0.29) is 5.91 Å². The number of carbonyl (C=O) groups excluding carboxylic acids is 1. The maximum atomic E-state index is 12.0. The second-order valence-corrected chi connectivity index (χ2v) is 5.49. The fourth-order valence-corrected chi connectivity index (χ4v) is 2.89. The predicted molar refractivity (Wildman–Crippen MR) is 73.2 cm³/mol. The van der Waals surface area contributed by atoms with E-state index in [0.29, 0.717) is 5.75 Å². The molecule has 0 saturated heterocycles. The molecule has 92 valence electrons. The van der Waals surface area contributed by atoms with Crippen molar-refractivity contribution in [2.45, 2.75) is 26.3 Å². The lowest BCUT2D eigenvalue weighted by atomic mass is 10.00. The molecule has 1 amide bonds. The summed E-state index contributed by atoms with van der Waals surface area (Å²) in [5.74, 6) is 2.00. The average molecular weight is 249 g/mol. The quantitative estimate of drug-likeness (QED) is 0.765. The third-order valence-electron chi connectivity index (χ3n) is 3.06. The van der Waals surface area contributed by atoms with E-state index < -0.39 is 0 Å². The minimum atomic E-state index is 0.290. The Kier molecular flexibility index (Phi) is 4.49. The topological polar surface area (TPSA) is 20.3 Å². The number of carbonyl (C=O) groups is 1. The van der Waals surface area contributed by atoms with E-state index in [1.807, 2.05) is 4.90 Å². The summed E-state index contributed by atoms with van der Waals surface area (Å²) >= 11 is 1.75. The van der Waals surface area contributed by atoms with Crippen LogP contribution in [0.5, 0.6) is 0 Å². The molecular weight excluding hydrogens is 230 g/mol. The molecule has 1 aromatic rings. The molecule has 0 spiro atoms. The van der Waals surface area contributed by atoms with E-state index in [1.54, 1.807) is 11.8 Å². The van der Waals surface area contributed by atoms with Crippen LogP contribution in [0.1, 0.15) is 24.5 Å². The lowest BCUT2D eigenvalue weighted by Gasteiger charge is -2.28. The van der Waals surface area contributed by atoms with Crippen LogP contribution >= 0.6 is 11.8 Å². The van der Waals surface area contributed by atoms with Crippen LogP contribution in [0.25, 0.3) is 0 Å². The van der Waals surface area contributed by atoms with Gasteiger partial charge in [0.1, 0.15) is 0 Å². The Labute approximate surface area is 107 Å². The highest BCUT2D eigenvalue weighted by atomic mass is 32.2. The Bertz CT molecular complexity index is 392. The second kappa shape index (κ2) is 6.10. The first kappa shape index (κ1) is 12.5. The van der Waals surface area contributed by atoms with Gasteiger partial charge < -0.3 is 4.90 Å². The standard InChI is InChI=1S/C14H19NOS/c1-2-9-17-11-14(16)15-8-7-12-5-3-4-6-13(12)10-15/h3-6H,2,7-11H2,1H3. The normalized spacial score (nSPS) is 14.5. The summed E-state index contributed by atoms with van der Waals surface area (Å²) in [6.45, 7) is 3.82. The van der Waals surface area contributed by atoms with Gasteiger partial charge in [0.25, 0.3) is 0 Å². The van der Waals surface area contributed by atoms with Crippen molar-refractivity contribution >= 4 is 17.7 Å². The molecule has 0 fully saturated rings. The number of fused-ring (bicyclic) bond motifs is 1. The molecule has 1 aliphatic rings. The molecule has 3 heteroatoms. The molecule has 0 saturated carbocycles. The Morgan fingerprint density at radius 2 is 2.12 bits per heavy atom. The molecule has 0 radical (unpaired) electrons. The van der Waals surface area contributed by atoms with E-state index in [9.17, 15) is 4.79 Å². The minimum Gasteiger partial charge on any atom is -0.337 e. The maximum absolute atomic E-state index is 12.0. The molecule has 0 aromatic heterocycles. The van der Waals surface area contributed by atoms with Crippen molar-refractivity contribution in [2.75, 3.05) is 18.1 Å². The van der Waals surface area contributed by atoms with E-state index in [1.165, 1.54) is 11.1 Å². The molecule has 1 heterocycles. The highest BCUT2D eigenvalue weighted by Gasteiger charge is 2.19. The minimum absolute atomic E-state index is 0.290. The Hall–Kier alpha value is -0.960. The zero-order valence-corrected chi connectivity index (χ0v) is 11.1. The third-order valence-corrected chi connectivity index (χ3v) is 4.21. The number of rotatable bonds is 4. The summed E-state index contributed by atoms with van der Waals surface area (Å²) in [6, 6.07) is 8.43. The third kappa shape index (κ3) is 3.25. The smallest absolute Gasteiger partial charge is 0.232 e. The first-order valence-electron chi connectivity index (χ1n) is 6.23. The van der Waals surface area contributed by atoms with Gasteiger partial charge in [-0.05, 0) is 29.7 Å². The molecule has 2 nitrogen and oxygen atoms in total. The van der Waals surface area contributed by atoms with Gasteiger partial charge in [0, 0.05) is 13.1 Å². The Morgan fingerprint density at radius 1 is 1.35 bits per heavy atom. The first-order chi connectivity index (χ1) is 8.31. The number of amides is 1. The Morgan fingerprint density at radius 3 is 2.88 bits per heavy atom. The summed E-state index contributed by atoms with van der Waals surface area (Å²) in [7, 11) is 0. The van der Waals surface area contributed by atoms with E-state index in [0.717, 1.165) is 31.7 Å². The molecule has 1 aromatic carbocycles. The van der Waals surface area contributed by atoms with Gasteiger partial charge in [-0.2, -0.15) is 11.8 Å². The summed E-state index contributed by atoms with van der Waals surface area (Å²) in [5.41, 5.74) is 2.71. The fraction of sp³-hybridized carbons (Fsp3) is 0.500. The molecule has 0 unspecified atom stereocenters. The zero-order valence-electron chi connectivity index (χ0n) is 10.3. The van der Waals surface area contributed by atoms with E-state index >= 15 is 0 Å². The summed E-state index contributed by atoms with van der Waals surface area (Å²) < 4.78 is 0. The summed E-state index contributed by atoms with van der Waals surface area (Å²) in [6.07, 6.45) is 2.14. The molecule has 0 atom stereocenters. The first-order valence-corrected chi connectivity index (χ1v) is 7.39. The molecular formula is C14H19NOS. The number of hydrogen-bond donors (Lipinski definition) is 0. The van der Waals surface area contributed by atoms with Gasteiger partial charge in [0.05, 0.1) is 5.75 Å². The highest BCUT2D eigenvalue weighted by molar-refractivity contribution is 7.99. The van der Waals surface area contributed by atoms with Crippen LogP contribution in [0, 0.1) is 0 Å². The average Bonchev–Trinajstić information content (AvgIpc) is 2.38. The molecule has 0 bridgehead atoms. The van der Waals surface area contributed by atoms with Crippen LogP contribution in [-0.2, 0) is 17.8 Å². The van der Waals surface area contributed by atoms with Gasteiger partial charge in [-0.1, -0.05) is 31.2 Å². The predicted octanol–water partition coefficient (Wildman–Crippen LogP) is 2.71. The van der Waals surface area contributed by atoms with Crippen LogP contribution in [0.15, 0.2) is 24.3 Å². The fourth-order valence-electron chi connectivity index (χ4n) is 2.10. The SMILES string of the molecule is CCCSCC(=O)N1CCc2ccccc2C1. The second-order valence-electron chi connectivity index (χ2n) is 4.39. The number of thioether (sulfide) groups is 1. The van der Waals surface area contributed by atoms with Crippen molar-refractivity contribution in [1.29, 1.82) is 0 Å².